The quantitative estimate of drug-likeness (QED) is 0.348. The maximum Gasteiger partial charge on any atom is 0.274 e. The second-order valence-corrected chi connectivity index (χ2v) is 7.56. The van der Waals surface area contributed by atoms with Crippen LogP contribution in [0.15, 0.2) is 78.9 Å². The Labute approximate surface area is 192 Å². The number of hydrogen-bond donors (Lipinski definition) is 0. The van der Waals surface area contributed by atoms with E-state index in [1.165, 1.54) is 6.07 Å². The maximum absolute atomic E-state index is 14.4. The molecular formula is C27H24FN3O2. The Kier molecular flexibility index (Phi) is 6.70. The number of fused-ring (bicyclic) bond motifs is 1. The zero-order chi connectivity index (χ0) is 23.2. The fourth-order valence-corrected chi connectivity index (χ4v) is 3.89. The molecule has 0 saturated heterocycles. The largest absolute Gasteiger partial charge is 0.494 e. The van der Waals surface area contributed by atoms with E-state index in [0.717, 1.165) is 10.9 Å². The second kappa shape index (κ2) is 10.0. The summed E-state index contributed by atoms with van der Waals surface area (Å²) >= 11 is 0. The zero-order valence-electron chi connectivity index (χ0n) is 18.4. The molecule has 0 atom stereocenters. The van der Waals surface area contributed by atoms with Gasteiger partial charge in [-0.25, -0.2) is 4.39 Å². The minimum atomic E-state index is -0.318. The third kappa shape index (κ3) is 4.73. The number of carbonyl (C=O) groups excluding carboxylic acids is 1. The Balaban J connectivity index is 1.77. The number of anilines is 1. The molecule has 0 radical (unpaired) electrons. The summed E-state index contributed by atoms with van der Waals surface area (Å²) in [7, 11) is 0. The minimum Gasteiger partial charge on any atom is -0.494 e. The lowest BCUT2D eigenvalue weighted by Crippen LogP contribution is -2.33. The van der Waals surface area contributed by atoms with Crippen LogP contribution in [0.3, 0.4) is 0 Å². The van der Waals surface area contributed by atoms with Crippen LogP contribution in [0.25, 0.3) is 10.9 Å². The third-order valence-electron chi connectivity index (χ3n) is 5.47. The van der Waals surface area contributed by atoms with E-state index < -0.39 is 0 Å². The van der Waals surface area contributed by atoms with Crippen molar-refractivity contribution in [3.63, 3.8) is 0 Å². The molecule has 0 aliphatic carbocycles. The smallest absolute Gasteiger partial charge is 0.274 e. The van der Waals surface area contributed by atoms with Gasteiger partial charge in [-0.2, -0.15) is 5.26 Å². The van der Waals surface area contributed by atoms with Gasteiger partial charge in [0.15, 0.2) is 0 Å². The van der Waals surface area contributed by atoms with Crippen molar-refractivity contribution >= 4 is 22.5 Å². The normalized spacial score (nSPS) is 10.7. The van der Waals surface area contributed by atoms with Gasteiger partial charge in [-0.1, -0.05) is 36.4 Å². The van der Waals surface area contributed by atoms with E-state index in [1.807, 2.05) is 54.0 Å². The summed E-state index contributed by atoms with van der Waals surface area (Å²) in [5, 5.41) is 10.1. The van der Waals surface area contributed by atoms with E-state index in [9.17, 15) is 9.18 Å². The lowest BCUT2D eigenvalue weighted by molar-refractivity contribution is 0.0979. The Morgan fingerprint density at radius 2 is 1.79 bits per heavy atom. The van der Waals surface area contributed by atoms with Gasteiger partial charge in [-0.05, 0) is 49.4 Å². The predicted molar refractivity (Wildman–Crippen MR) is 127 cm³/mol. The molecule has 0 aliphatic rings. The summed E-state index contributed by atoms with van der Waals surface area (Å²) in [5.41, 5.74) is 2.45. The predicted octanol–water partition coefficient (Wildman–Crippen LogP) is 5.79. The molecule has 0 aliphatic heterocycles. The van der Waals surface area contributed by atoms with Crippen molar-refractivity contribution in [2.24, 2.45) is 0 Å². The van der Waals surface area contributed by atoms with Crippen LogP contribution in [-0.2, 0) is 6.54 Å². The average Bonchev–Trinajstić information content (AvgIpc) is 3.20. The van der Waals surface area contributed by atoms with E-state index in [4.69, 9.17) is 10.00 Å². The molecular weight excluding hydrogens is 417 g/mol. The van der Waals surface area contributed by atoms with Gasteiger partial charge in [-0.3, -0.25) is 4.79 Å². The Morgan fingerprint density at radius 1 is 1.06 bits per heavy atom. The fourth-order valence-electron chi connectivity index (χ4n) is 3.89. The molecule has 0 N–H and O–H groups in total. The molecule has 33 heavy (non-hydrogen) atoms. The number of nitrogens with zero attached hydrogens (tertiary/aromatic N) is 3. The third-order valence-corrected chi connectivity index (χ3v) is 5.47. The van der Waals surface area contributed by atoms with Crippen LogP contribution in [0, 0.1) is 17.1 Å². The number of benzene rings is 3. The molecule has 0 fully saturated rings. The first-order chi connectivity index (χ1) is 16.1. The van der Waals surface area contributed by atoms with Crippen LogP contribution in [0.5, 0.6) is 5.75 Å². The van der Waals surface area contributed by atoms with Crippen LogP contribution >= 0.6 is 0 Å². The summed E-state index contributed by atoms with van der Waals surface area (Å²) in [6, 6.07) is 25.4. The van der Waals surface area contributed by atoms with Crippen LogP contribution < -0.4 is 9.64 Å². The highest BCUT2D eigenvalue weighted by Crippen LogP contribution is 2.26. The number of halogens is 1. The number of carbonyl (C=O) groups is 1. The highest BCUT2D eigenvalue weighted by Gasteiger charge is 2.23. The SMILES string of the molecule is CCOc1ccc(N(CCC#N)C(=O)c2cc3ccccc3n2Cc2ccccc2F)cc1. The van der Waals surface area contributed by atoms with E-state index in [-0.39, 0.29) is 31.2 Å². The molecule has 166 valence electrons. The van der Waals surface area contributed by atoms with Crippen molar-refractivity contribution in [2.75, 3.05) is 18.1 Å². The first-order valence-corrected chi connectivity index (χ1v) is 10.9. The molecule has 4 aromatic rings. The van der Waals surface area contributed by atoms with E-state index in [0.29, 0.717) is 29.3 Å². The van der Waals surface area contributed by atoms with E-state index in [2.05, 4.69) is 6.07 Å². The molecule has 1 amide bonds. The molecule has 6 heteroatoms. The first kappa shape index (κ1) is 22.1. The molecule has 0 spiro atoms. The number of nitriles is 1. The van der Waals surface area contributed by atoms with Crippen molar-refractivity contribution in [2.45, 2.75) is 19.9 Å². The minimum absolute atomic E-state index is 0.187. The number of para-hydroxylation sites is 1. The molecule has 0 bridgehead atoms. The lowest BCUT2D eigenvalue weighted by atomic mass is 10.2. The van der Waals surface area contributed by atoms with Crippen LogP contribution in [0.1, 0.15) is 29.4 Å². The lowest BCUT2D eigenvalue weighted by Gasteiger charge is -2.23. The van der Waals surface area contributed by atoms with Crippen molar-refractivity contribution < 1.29 is 13.9 Å². The topological polar surface area (TPSA) is 58.3 Å². The summed E-state index contributed by atoms with van der Waals surface area (Å²) in [6.07, 6.45) is 0.187. The number of amides is 1. The highest BCUT2D eigenvalue weighted by atomic mass is 19.1. The van der Waals surface area contributed by atoms with Crippen molar-refractivity contribution in [3.8, 4) is 11.8 Å². The second-order valence-electron chi connectivity index (χ2n) is 7.56. The Morgan fingerprint density at radius 3 is 2.52 bits per heavy atom. The fraction of sp³-hybridized carbons (Fsp3) is 0.185. The summed E-state index contributed by atoms with van der Waals surface area (Å²) in [4.78, 5) is 15.4. The van der Waals surface area contributed by atoms with Gasteiger partial charge < -0.3 is 14.2 Å². The van der Waals surface area contributed by atoms with Crippen LogP contribution in [0.4, 0.5) is 10.1 Å². The van der Waals surface area contributed by atoms with Gasteiger partial charge in [0.05, 0.1) is 25.6 Å². The number of ether oxygens (including phenoxy) is 1. The molecule has 5 nitrogen and oxygen atoms in total. The van der Waals surface area contributed by atoms with Gasteiger partial charge in [0.1, 0.15) is 17.3 Å². The highest BCUT2D eigenvalue weighted by molar-refractivity contribution is 6.08. The summed E-state index contributed by atoms with van der Waals surface area (Å²) in [5.74, 6) is 0.145. The summed E-state index contributed by atoms with van der Waals surface area (Å²) < 4.78 is 21.8. The first-order valence-electron chi connectivity index (χ1n) is 10.9. The van der Waals surface area contributed by atoms with Crippen LogP contribution in [-0.4, -0.2) is 23.6 Å². The maximum atomic E-state index is 14.4. The molecule has 1 heterocycles. The van der Waals surface area contributed by atoms with Crippen LogP contribution in [0.2, 0.25) is 0 Å². The van der Waals surface area contributed by atoms with Gasteiger partial charge in [0.25, 0.3) is 5.91 Å². The standard InChI is InChI=1S/C27H24FN3O2/c1-2-33-23-14-12-22(13-15-23)30(17-7-16-29)27(32)26-18-20-8-4-6-11-25(20)31(26)19-21-9-3-5-10-24(21)28/h3-6,8-15,18H,2,7,17,19H2,1H3. The number of hydrogen-bond acceptors (Lipinski definition) is 3. The Hall–Kier alpha value is -4.11. The molecule has 1 aromatic heterocycles. The number of rotatable bonds is 8. The van der Waals surface area contributed by atoms with Gasteiger partial charge >= 0.3 is 0 Å². The zero-order valence-corrected chi connectivity index (χ0v) is 18.4. The van der Waals surface area contributed by atoms with Crippen molar-refractivity contribution in [1.82, 2.24) is 4.57 Å². The summed E-state index contributed by atoms with van der Waals surface area (Å²) in [6.45, 7) is 2.92. The van der Waals surface area contributed by atoms with Crippen molar-refractivity contribution in [3.05, 3.63) is 95.9 Å². The molecule has 3 aromatic carbocycles. The Bertz CT molecular complexity index is 1310. The molecule has 4 rings (SSSR count). The van der Waals surface area contributed by atoms with Gasteiger partial charge in [0.2, 0.25) is 0 Å². The van der Waals surface area contributed by atoms with E-state index in [1.54, 1.807) is 35.2 Å². The molecule has 0 saturated carbocycles. The van der Waals surface area contributed by atoms with Gasteiger partial charge in [0, 0.05) is 28.7 Å². The van der Waals surface area contributed by atoms with Gasteiger partial charge in [-0.15, -0.1) is 0 Å². The average molecular weight is 442 g/mol. The van der Waals surface area contributed by atoms with Crippen molar-refractivity contribution in [1.29, 1.82) is 5.26 Å². The molecule has 0 unspecified atom stereocenters. The van der Waals surface area contributed by atoms with E-state index >= 15 is 0 Å². The monoisotopic (exact) mass is 441 g/mol. The number of aromatic nitrogens is 1.